The zero-order valence-electron chi connectivity index (χ0n) is 46.9. The van der Waals surface area contributed by atoms with Crippen molar-refractivity contribution in [3.05, 3.63) is 175 Å². The van der Waals surface area contributed by atoms with E-state index in [1.807, 2.05) is 131 Å². The summed E-state index contributed by atoms with van der Waals surface area (Å²) >= 11 is 0. The molecule has 0 saturated carbocycles. The third-order valence-corrected chi connectivity index (χ3v) is 13.5. The Hall–Kier alpha value is -7.56. The van der Waals surface area contributed by atoms with Gasteiger partial charge >= 0.3 is 11.9 Å². The minimum Gasteiger partial charge on any atom is -0.481 e. The number of pyridine rings is 3. The largest absolute Gasteiger partial charge is 0.481 e. The van der Waals surface area contributed by atoms with E-state index in [9.17, 15) is 39.0 Å². The van der Waals surface area contributed by atoms with Crippen molar-refractivity contribution in [2.75, 3.05) is 21.1 Å². The van der Waals surface area contributed by atoms with Crippen LogP contribution in [-0.2, 0) is 38.8 Å². The minimum absolute atomic E-state index is 0.0139. The molecule has 0 radical (unpaired) electrons. The zero-order valence-corrected chi connectivity index (χ0v) is 46.9. The first-order valence-corrected chi connectivity index (χ1v) is 26.1. The second-order valence-corrected chi connectivity index (χ2v) is 21.6. The minimum atomic E-state index is -1.13. The average Bonchev–Trinajstić information content (AvgIpc) is 3.33. The Bertz CT molecular complexity index is 3110. The van der Waals surface area contributed by atoms with Crippen LogP contribution in [0, 0.1) is 39.5 Å². The van der Waals surface area contributed by atoms with E-state index in [1.54, 1.807) is 31.0 Å². The summed E-state index contributed by atoms with van der Waals surface area (Å²) in [5, 5.41) is 25.7. The fourth-order valence-electron chi connectivity index (χ4n) is 9.92. The summed E-state index contributed by atoms with van der Waals surface area (Å²) < 4.78 is 2.81. The number of aryl methyl sites for hydroxylation is 3. The van der Waals surface area contributed by atoms with E-state index in [1.165, 1.54) is 27.5 Å². The molecule has 5 aromatic rings. The Balaban J connectivity index is 1.33. The van der Waals surface area contributed by atoms with Crippen LogP contribution in [0.5, 0.6) is 0 Å². The summed E-state index contributed by atoms with van der Waals surface area (Å²) in [7, 11) is 5.76. The monoisotopic (exact) mass is 1050 g/mol. The number of aromatic nitrogens is 3. The van der Waals surface area contributed by atoms with Crippen LogP contribution in [0.15, 0.2) is 118 Å². The second-order valence-electron chi connectivity index (χ2n) is 21.6. The van der Waals surface area contributed by atoms with Crippen molar-refractivity contribution in [2.24, 2.45) is 16.8 Å². The fraction of sp³-hybridized carbons (Fsp3) is 0.410. The quantitative estimate of drug-likeness (QED) is 0.0384. The Morgan fingerprint density at radius 2 is 1.29 bits per heavy atom. The number of rotatable bonds is 26. The van der Waals surface area contributed by atoms with Gasteiger partial charge in [-0.25, -0.2) is 0 Å². The lowest BCUT2D eigenvalue weighted by molar-refractivity contribution is -0.139. The number of aliphatic carboxylic acids is 2. The maximum absolute atomic E-state index is 14.1. The van der Waals surface area contributed by atoms with Gasteiger partial charge in [-0.2, -0.15) is 0 Å². The van der Waals surface area contributed by atoms with E-state index in [4.69, 9.17) is 0 Å². The summed E-state index contributed by atoms with van der Waals surface area (Å²) in [4.78, 5) is 92.8. The van der Waals surface area contributed by atoms with E-state index in [0.29, 0.717) is 43.6 Å². The number of aliphatic imine (C=N–C) groups is 1. The lowest BCUT2D eigenvalue weighted by Gasteiger charge is -2.25. The summed E-state index contributed by atoms with van der Waals surface area (Å²) in [6.45, 7) is 23.3. The van der Waals surface area contributed by atoms with Crippen LogP contribution in [0.4, 0.5) is 0 Å². The summed E-state index contributed by atoms with van der Waals surface area (Å²) in [5.41, 5.74) is 10.4. The number of benzene rings is 2. The maximum Gasteiger partial charge on any atom is 0.305 e. The molecule has 0 unspecified atom stereocenters. The molecule has 0 aliphatic heterocycles. The normalized spacial score (nSPS) is 13.5. The van der Waals surface area contributed by atoms with Crippen molar-refractivity contribution >= 4 is 35.5 Å². The van der Waals surface area contributed by atoms with Gasteiger partial charge in [-0.1, -0.05) is 64.6 Å². The highest BCUT2D eigenvalue weighted by Crippen LogP contribution is 2.33. The van der Waals surface area contributed by atoms with Crippen molar-refractivity contribution in [1.82, 2.24) is 34.6 Å². The Morgan fingerprint density at radius 3 is 1.82 bits per heavy atom. The van der Waals surface area contributed by atoms with E-state index in [0.717, 1.165) is 61.2 Å². The molecule has 16 nitrogen and oxygen atoms in total. The third-order valence-electron chi connectivity index (χ3n) is 13.5. The predicted octanol–water partition coefficient (Wildman–Crippen LogP) is 9.15. The fourth-order valence-corrected chi connectivity index (χ4v) is 9.92. The summed E-state index contributed by atoms with van der Waals surface area (Å²) in [5.74, 6) is -3.15. The first-order valence-electron chi connectivity index (χ1n) is 26.1. The third kappa shape index (κ3) is 17.0. The highest BCUT2D eigenvalue weighted by molar-refractivity contribution is 5.87. The van der Waals surface area contributed by atoms with Crippen LogP contribution < -0.4 is 21.8 Å². The van der Waals surface area contributed by atoms with Crippen LogP contribution in [0.2, 0.25) is 0 Å². The number of hydrogen-bond donors (Lipinski definition) is 4. The van der Waals surface area contributed by atoms with Gasteiger partial charge in [0.15, 0.2) is 0 Å². The lowest BCUT2D eigenvalue weighted by Crippen LogP contribution is -2.44. The van der Waals surface area contributed by atoms with Gasteiger partial charge in [0.1, 0.15) is 12.1 Å². The number of allylic oxidation sites excluding steroid dienone is 1. The molecule has 0 bridgehead atoms. The average molecular weight is 1050 g/mol. The van der Waals surface area contributed by atoms with Crippen LogP contribution >= 0.6 is 0 Å². The van der Waals surface area contributed by atoms with Crippen molar-refractivity contribution < 1.29 is 29.4 Å². The highest BCUT2D eigenvalue weighted by atomic mass is 16.4. The predicted molar refractivity (Wildman–Crippen MR) is 305 cm³/mol. The van der Waals surface area contributed by atoms with E-state index in [2.05, 4.69) is 38.2 Å². The van der Waals surface area contributed by atoms with Crippen molar-refractivity contribution in [1.29, 1.82) is 0 Å². The number of nitrogens with zero attached hydrogens (tertiary/aromatic N) is 6. The van der Waals surface area contributed by atoms with Crippen LogP contribution in [0.1, 0.15) is 128 Å². The molecule has 410 valence electrons. The van der Waals surface area contributed by atoms with Crippen molar-refractivity contribution in [3.63, 3.8) is 0 Å². The molecule has 0 saturated heterocycles. The SMILES string of the molecule is C=C(C=N/C=C(\C)c1c(C)cccc1C)[C@H](CC(=O)O)NC(=O)[C@@H](CC(C)C)n1ccc(CN(C)Cc2ccc(C)c(-c3cncc([C@H](CC(=O)O)NC(=O)[C@H](CC(C)C)n4ccc(CN(C)C)cc4=O)c3)c2C)cc1=O. The number of amides is 2. The molecule has 4 atom stereocenters. The van der Waals surface area contributed by atoms with Crippen LogP contribution in [-0.4, -0.2) is 91.3 Å². The molecule has 77 heavy (non-hydrogen) atoms. The zero-order chi connectivity index (χ0) is 56.8. The van der Waals surface area contributed by atoms with Crippen molar-refractivity contribution in [2.45, 2.75) is 132 Å². The van der Waals surface area contributed by atoms with Crippen LogP contribution in [0.25, 0.3) is 16.7 Å². The smallest absolute Gasteiger partial charge is 0.305 e. The molecule has 4 N–H and O–H groups in total. The van der Waals surface area contributed by atoms with Gasteiger partial charge in [0, 0.05) is 74.5 Å². The molecule has 0 fully saturated rings. The first kappa shape index (κ1) is 60.3. The highest BCUT2D eigenvalue weighted by Gasteiger charge is 2.29. The Morgan fingerprint density at radius 1 is 0.727 bits per heavy atom. The first-order chi connectivity index (χ1) is 36.3. The molecule has 5 rings (SSSR count). The van der Waals surface area contributed by atoms with Gasteiger partial charge in [0.05, 0.1) is 24.9 Å². The van der Waals surface area contributed by atoms with E-state index < -0.39 is 60.8 Å². The molecule has 2 amide bonds. The molecule has 16 heteroatoms. The van der Waals surface area contributed by atoms with Gasteiger partial charge in [0.2, 0.25) is 11.8 Å². The second kappa shape index (κ2) is 27.5. The molecule has 3 heterocycles. The van der Waals surface area contributed by atoms with E-state index in [-0.39, 0.29) is 23.0 Å². The van der Waals surface area contributed by atoms with Gasteiger partial charge in [-0.3, -0.25) is 43.6 Å². The number of carbonyl (C=O) groups excluding carboxylic acids is 2. The summed E-state index contributed by atoms with van der Waals surface area (Å²) in [6.07, 6.45) is 9.51. The molecular formula is C61H78N8O8. The Kier molecular flexibility index (Phi) is 21.5. The standard InChI is InChI=1S/C61H78N8O8/c1-37(2)23-52(60(76)64-50(28-56(72)73)42(8)30-62-31-43(9)58-39(5)15-14-16-40(58)6)69-22-20-46(26-55(69)71)35-67(13)36-47-18-17-41(7)59(44(47)10)49-27-48(32-63-33-49)51(29-57(74)75)65-61(77)53(24-38(3)4)68-21-19-45(25-54(68)70)34-66(11)12/h14-22,25-27,30-33,37-38,50-53H,8,23-24,28-29,34-36H2,1-7,9-13H3,(H,64,76)(H,65,77)(H,72,73)(H,74,75)/b43-31+,62-30?/t50-,51-,52+,53-/m0/s1. The Labute approximate surface area is 453 Å². The molecule has 2 aromatic carbocycles. The summed E-state index contributed by atoms with van der Waals surface area (Å²) in [6, 6.07) is 14.9. The number of carboxylic acids is 2. The van der Waals surface area contributed by atoms with Gasteiger partial charge in [0.25, 0.3) is 11.1 Å². The van der Waals surface area contributed by atoms with Crippen molar-refractivity contribution in [3.8, 4) is 11.1 Å². The lowest BCUT2D eigenvalue weighted by atomic mass is 9.91. The number of carbonyl (C=O) groups is 4. The number of nitrogens with one attached hydrogen (secondary N) is 2. The van der Waals surface area contributed by atoms with E-state index >= 15 is 0 Å². The molecule has 0 aliphatic rings. The number of carboxylic acid groups (broad SMARTS) is 2. The molecular weight excluding hydrogens is 973 g/mol. The molecule has 0 aliphatic carbocycles. The van der Waals surface area contributed by atoms with Gasteiger partial charge in [-0.05, 0) is 165 Å². The van der Waals surface area contributed by atoms with Crippen LogP contribution in [0.3, 0.4) is 0 Å². The van der Waals surface area contributed by atoms with Gasteiger partial charge in [-0.15, -0.1) is 0 Å². The maximum atomic E-state index is 14.1. The van der Waals surface area contributed by atoms with Gasteiger partial charge < -0.3 is 34.9 Å². The number of hydrogen-bond acceptors (Lipinski definition) is 10. The topological polar surface area (TPSA) is 209 Å². The molecule has 0 spiro atoms. The molecule has 3 aromatic heterocycles.